The number of thiophene rings is 1. The van der Waals surface area contributed by atoms with Crippen LogP contribution in [0.4, 0.5) is 0 Å². The number of aliphatic hydroxyl groups excluding tert-OH is 1. The lowest BCUT2D eigenvalue weighted by molar-refractivity contribution is 0.224. The van der Waals surface area contributed by atoms with Crippen LogP contribution in [0.1, 0.15) is 16.5 Å². The second-order valence-corrected chi connectivity index (χ2v) is 4.66. The normalized spacial score (nSPS) is 12.4. The molecule has 4 heteroatoms. The Balaban J connectivity index is 2.27. The highest BCUT2D eigenvalue weighted by atomic mass is 35.5. The van der Waals surface area contributed by atoms with Crippen LogP contribution < -0.4 is 4.74 Å². The standard InChI is InChI=1S/C12H11ClO2S/c1-15-9-4-2-8(3-5-9)11(14)12-10(13)6-7-16-12/h2-7,11,14H,1H3. The first-order valence-corrected chi connectivity index (χ1v) is 6.03. The summed E-state index contributed by atoms with van der Waals surface area (Å²) in [5, 5.41) is 12.6. The zero-order valence-corrected chi connectivity index (χ0v) is 10.3. The maximum Gasteiger partial charge on any atom is 0.118 e. The van der Waals surface area contributed by atoms with Gasteiger partial charge in [0.25, 0.3) is 0 Å². The molecule has 1 heterocycles. The summed E-state index contributed by atoms with van der Waals surface area (Å²) in [6.07, 6.45) is -0.668. The van der Waals surface area contributed by atoms with Gasteiger partial charge in [0.1, 0.15) is 11.9 Å². The lowest BCUT2D eigenvalue weighted by atomic mass is 10.1. The molecule has 0 amide bonds. The fourth-order valence-electron chi connectivity index (χ4n) is 1.44. The summed E-state index contributed by atoms with van der Waals surface area (Å²) >= 11 is 7.42. The number of methoxy groups -OCH3 is 1. The van der Waals surface area contributed by atoms with Gasteiger partial charge in [0.2, 0.25) is 0 Å². The number of halogens is 1. The van der Waals surface area contributed by atoms with Gasteiger partial charge in [0, 0.05) is 0 Å². The molecule has 2 nitrogen and oxygen atoms in total. The van der Waals surface area contributed by atoms with E-state index in [0.29, 0.717) is 5.02 Å². The van der Waals surface area contributed by atoms with E-state index in [1.165, 1.54) is 11.3 Å². The molecule has 1 N–H and O–H groups in total. The van der Waals surface area contributed by atoms with Crippen molar-refractivity contribution in [2.75, 3.05) is 7.11 Å². The summed E-state index contributed by atoms with van der Waals surface area (Å²) < 4.78 is 5.06. The van der Waals surface area contributed by atoms with Gasteiger partial charge in [0.15, 0.2) is 0 Å². The molecule has 0 aliphatic carbocycles. The SMILES string of the molecule is COc1ccc(C(O)c2sccc2Cl)cc1. The molecule has 0 saturated heterocycles. The minimum atomic E-state index is -0.668. The third-order valence-electron chi connectivity index (χ3n) is 2.32. The molecule has 2 rings (SSSR count). The van der Waals surface area contributed by atoms with Crippen molar-refractivity contribution >= 4 is 22.9 Å². The maximum absolute atomic E-state index is 10.1. The average Bonchev–Trinajstić information content (AvgIpc) is 2.75. The molecule has 0 radical (unpaired) electrons. The van der Waals surface area contributed by atoms with Crippen LogP contribution in [-0.4, -0.2) is 12.2 Å². The van der Waals surface area contributed by atoms with E-state index in [2.05, 4.69) is 0 Å². The van der Waals surface area contributed by atoms with Crippen LogP contribution in [0, 0.1) is 0 Å². The van der Waals surface area contributed by atoms with Crippen LogP contribution >= 0.6 is 22.9 Å². The lowest BCUT2D eigenvalue weighted by Crippen LogP contribution is -1.97. The Labute approximate surface area is 103 Å². The molecule has 0 aliphatic rings. The first-order valence-electron chi connectivity index (χ1n) is 4.77. The maximum atomic E-state index is 10.1. The Morgan fingerprint density at radius 2 is 1.94 bits per heavy atom. The Kier molecular flexibility index (Phi) is 3.49. The summed E-state index contributed by atoms with van der Waals surface area (Å²) in [4.78, 5) is 0.770. The molecular weight excluding hydrogens is 244 g/mol. The van der Waals surface area contributed by atoms with Crippen molar-refractivity contribution in [3.63, 3.8) is 0 Å². The van der Waals surface area contributed by atoms with Crippen molar-refractivity contribution in [3.05, 3.63) is 51.2 Å². The molecule has 0 bridgehead atoms. The summed E-state index contributed by atoms with van der Waals surface area (Å²) in [6.45, 7) is 0. The molecule has 1 atom stereocenters. The quantitative estimate of drug-likeness (QED) is 0.909. The smallest absolute Gasteiger partial charge is 0.118 e. The van der Waals surface area contributed by atoms with E-state index in [9.17, 15) is 5.11 Å². The first kappa shape index (κ1) is 11.5. The summed E-state index contributed by atoms with van der Waals surface area (Å²) in [5.41, 5.74) is 0.810. The minimum absolute atomic E-state index is 0.605. The largest absolute Gasteiger partial charge is 0.497 e. The number of ether oxygens (including phenoxy) is 1. The predicted octanol–water partition coefficient (Wildman–Crippen LogP) is 3.49. The second kappa shape index (κ2) is 4.87. The number of benzene rings is 1. The number of hydrogen-bond donors (Lipinski definition) is 1. The van der Waals surface area contributed by atoms with Crippen LogP contribution in [0.5, 0.6) is 5.75 Å². The zero-order chi connectivity index (χ0) is 11.5. The lowest BCUT2D eigenvalue weighted by Gasteiger charge is -2.10. The molecule has 0 saturated carbocycles. The fourth-order valence-corrected chi connectivity index (χ4v) is 2.61. The fraction of sp³-hybridized carbons (Fsp3) is 0.167. The zero-order valence-electron chi connectivity index (χ0n) is 8.68. The number of hydrogen-bond acceptors (Lipinski definition) is 3. The molecule has 16 heavy (non-hydrogen) atoms. The third-order valence-corrected chi connectivity index (χ3v) is 3.74. The molecule has 1 unspecified atom stereocenters. The highest BCUT2D eigenvalue weighted by Crippen LogP contribution is 2.33. The van der Waals surface area contributed by atoms with E-state index in [0.717, 1.165) is 16.2 Å². The van der Waals surface area contributed by atoms with Crippen LogP contribution in [-0.2, 0) is 0 Å². The molecule has 1 aromatic heterocycles. The molecule has 2 aromatic rings. The van der Waals surface area contributed by atoms with E-state index < -0.39 is 6.10 Å². The Morgan fingerprint density at radius 3 is 2.44 bits per heavy atom. The van der Waals surface area contributed by atoms with Gasteiger partial charge in [-0.15, -0.1) is 11.3 Å². The van der Waals surface area contributed by atoms with E-state index in [4.69, 9.17) is 16.3 Å². The summed E-state index contributed by atoms with van der Waals surface area (Å²) in [6, 6.07) is 9.09. The van der Waals surface area contributed by atoms with Crippen molar-refractivity contribution in [1.82, 2.24) is 0 Å². The van der Waals surface area contributed by atoms with Gasteiger partial charge in [-0.3, -0.25) is 0 Å². The highest BCUT2D eigenvalue weighted by Gasteiger charge is 2.15. The molecule has 0 spiro atoms. The molecular formula is C12H11ClO2S. The van der Waals surface area contributed by atoms with Gasteiger partial charge in [-0.25, -0.2) is 0 Å². The van der Waals surface area contributed by atoms with E-state index in [1.54, 1.807) is 13.2 Å². The monoisotopic (exact) mass is 254 g/mol. The highest BCUT2D eigenvalue weighted by molar-refractivity contribution is 7.10. The number of rotatable bonds is 3. The predicted molar refractivity (Wildman–Crippen MR) is 66.4 cm³/mol. The van der Waals surface area contributed by atoms with Crippen molar-refractivity contribution < 1.29 is 9.84 Å². The first-order chi connectivity index (χ1) is 7.72. The Hall–Kier alpha value is -1.03. The second-order valence-electron chi connectivity index (χ2n) is 3.31. The number of aliphatic hydroxyl groups is 1. The molecule has 0 fully saturated rings. The average molecular weight is 255 g/mol. The third kappa shape index (κ3) is 2.21. The van der Waals surface area contributed by atoms with Gasteiger partial charge in [-0.1, -0.05) is 23.7 Å². The van der Waals surface area contributed by atoms with Crippen LogP contribution in [0.15, 0.2) is 35.7 Å². The Morgan fingerprint density at radius 1 is 1.25 bits per heavy atom. The van der Waals surface area contributed by atoms with Gasteiger partial charge < -0.3 is 9.84 Å². The van der Waals surface area contributed by atoms with E-state index in [-0.39, 0.29) is 0 Å². The van der Waals surface area contributed by atoms with E-state index in [1.807, 2.05) is 29.6 Å². The summed E-state index contributed by atoms with van der Waals surface area (Å²) in [7, 11) is 1.61. The van der Waals surface area contributed by atoms with Crippen LogP contribution in [0.25, 0.3) is 0 Å². The summed E-state index contributed by atoms with van der Waals surface area (Å²) in [5.74, 6) is 0.772. The molecule has 84 valence electrons. The van der Waals surface area contributed by atoms with Crippen LogP contribution in [0.2, 0.25) is 5.02 Å². The van der Waals surface area contributed by atoms with E-state index >= 15 is 0 Å². The van der Waals surface area contributed by atoms with Crippen LogP contribution in [0.3, 0.4) is 0 Å². The van der Waals surface area contributed by atoms with Gasteiger partial charge in [-0.2, -0.15) is 0 Å². The van der Waals surface area contributed by atoms with Gasteiger partial charge in [0.05, 0.1) is 17.0 Å². The van der Waals surface area contributed by atoms with Crippen molar-refractivity contribution in [1.29, 1.82) is 0 Å². The molecule has 0 aliphatic heterocycles. The minimum Gasteiger partial charge on any atom is -0.497 e. The Bertz CT molecular complexity index is 464. The van der Waals surface area contributed by atoms with Crippen molar-refractivity contribution in [3.8, 4) is 5.75 Å². The molecule has 1 aromatic carbocycles. The topological polar surface area (TPSA) is 29.5 Å². The van der Waals surface area contributed by atoms with Crippen molar-refractivity contribution in [2.45, 2.75) is 6.10 Å². The van der Waals surface area contributed by atoms with Crippen molar-refractivity contribution in [2.24, 2.45) is 0 Å². The van der Waals surface area contributed by atoms with Gasteiger partial charge >= 0.3 is 0 Å². The van der Waals surface area contributed by atoms with Gasteiger partial charge in [-0.05, 0) is 29.1 Å².